The van der Waals surface area contributed by atoms with Crippen LogP contribution in [0.5, 0.6) is 0 Å². The Morgan fingerprint density at radius 3 is 2.43 bits per heavy atom. The highest BCUT2D eigenvalue weighted by Gasteiger charge is 2.33. The predicted molar refractivity (Wildman–Crippen MR) is 101 cm³/mol. The first kappa shape index (κ1) is 18.9. The summed E-state index contributed by atoms with van der Waals surface area (Å²) in [5, 5.41) is 7.25. The fraction of sp³-hybridized carbons (Fsp3) is 0.944. The van der Waals surface area contributed by atoms with Gasteiger partial charge in [0.25, 0.3) is 0 Å². The van der Waals surface area contributed by atoms with Crippen LogP contribution in [0.15, 0.2) is 4.99 Å². The molecule has 0 atom stereocenters. The Bertz CT molecular complexity index is 356. The molecule has 0 unspecified atom stereocenters. The van der Waals surface area contributed by atoms with Gasteiger partial charge in [-0.3, -0.25) is 4.99 Å². The molecule has 134 valence electrons. The number of ether oxygens (including phenoxy) is 1. The van der Waals surface area contributed by atoms with Gasteiger partial charge in [0.1, 0.15) is 0 Å². The summed E-state index contributed by atoms with van der Waals surface area (Å²) < 4.78 is 5.87. The van der Waals surface area contributed by atoms with Crippen LogP contribution in [0.3, 0.4) is 0 Å². The number of rotatable bonds is 6. The Labute approximate surface area is 146 Å². The summed E-state index contributed by atoms with van der Waals surface area (Å²) in [7, 11) is 1.89. The van der Waals surface area contributed by atoms with E-state index in [0.717, 1.165) is 50.2 Å². The van der Waals surface area contributed by atoms with E-state index >= 15 is 0 Å². The monoisotopic (exact) mass is 341 g/mol. The molecule has 1 saturated heterocycles. The lowest BCUT2D eigenvalue weighted by Gasteiger charge is -2.37. The third-order valence-corrected chi connectivity index (χ3v) is 6.87. The van der Waals surface area contributed by atoms with Crippen molar-refractivity contribution in [3.05, 3.63) is 0 Å². The van der Waals surface area contributed by atoms with E-state index in [9.17, 15) is 0 Å². The van der Waals surface area contributed by atoms with Crippen molar-refractivity contribution in [2.24, 2.45) is 10.9 Å². The highest BCUT2D eigenvalue weighted by molar-refractivity contribution is 8.00. The molecule has 2 rings (SSSR count). The van der Waals surface area contributed by atoms with Crippen molar-refractivity contribution in [3.8, 4) is 0 Å². The third kappa shape index (κ3) is 5.86. The second kappa shape index (κ2) is 9.77. The summed E-state index contributed by atoms with van der Waals surface area (Å²) in [5.74, 6) is 3.08. The fourth-order valence-corrected chi connectivity index (χ4v) is 5.01. The lowest BCUT2D eigenvalue weighted by Crippen LogP contribution is -2.50. The van der Waals surface area contributed by atoms with Gasteiger partial charge in [-0.25, -0.2) is 0 Å². The third-order valence-electron chi connectivity index (χ3n) is 5.42. The Morgan fingerprint density at radius 1 is 1.17 bits per heavy atom. The minimum absolute atomic E-state index is 0.310. The van der Waals surface area contributed by atoms with Crippen molar-refractivity contribution >= 4 is 17.7 Å². The van der Waals surface area contributed by atoms with Gasteiger partial charge in [0.05, 0.1) is 0 Å². The fourth-order valence-electron chi connectivity index (χ4n) is 3.77. The van der Waals surface area contributed by atoms with Crippen LogP contribution in [-0.4, -0.2) is 49.3 Å². The Morgan fingerprint density at radius 2 is 1.87 bits per heavy atom. The molecule has 0 aromatic carbocycles. The van der Waals surface area contributed by atoms with Crippen LogP contribution in [0.4, 0.5) is 0 Å². The van der Waals surface area contributed by atoms with Crippen molar-refractivity contribution in [1.82, 2.24) is 10.6 Å². The van der Waals surface area contributed by atoms with E-state index in [4.69, 9.17) is 4.74 Å². The maximum atomic E-state index is 5.56. The predicted octanol–water partition coefficient (Wildman–Crippen LogP) is 3.42. The molecule has 1 heterocycles. The van der Waals surface area contributed by atoms with Gasteiger partial charge in [0.15, 0.2) is 5.96 Å². The highest BCUT2D eigenvalue weighted by atomic mass is 32.2. The van der Waals surface area contributed by atoms with Crippen LogP contribution >= 0.6 is 11.8 Å². The largest absolute Gasteiger partial charge is 0.381 e. The van der Waals surface area contributed by atoms with Gasteiger partial charge in [-0.05, 0) is 50.2 Å². The number of thioether (sulfide) groups is 1. The number of guanidine groups is 1. The number of hydrogen-bond donors (Lipinski definition) is 2. The topological polar surface area (TPSA) is 45.7 Å². The van der Waals surface area contributed by atoms with E-state index in [-0.39, 0.29) is 0 Å². The van der Waals surface area contributed by atoms with Crippen LogP contribution in [-0.2, 0) is 4.74 Å². The summed E-state index contributed by atoms with van der Waals surface area (Å²) in [6.07, 6.45) is 8.88. The van der Waals surface area contributed by atoms with E-state index < -0.39 is 0 Å². The SMILES string of the molecule is CCSC1(CNC(=NC)NC2CCC(CC)CC2)CCOCC1. The first-order valence-electron chi connectivity index (χ1n) is 9.40. The summed E-state index contributed by atoms with van der Waals surface area (Å²) in [6, 6.07) is 0.591. The molecular formula is C18H35N3OS. The van der Waals surface area contributed by atoms with Crippen LogP contribution in [0.2, 0.25) is 0 Å². The van der Waals surface area contributed by atoms with Crippen LogP contribution in [0.25, 0.3) is 0 Å². The molecule has 0 radical (unpaired) electrons. The number of nitrogens with zero attached hydrogens (tertiary/aromatic N) is 1. The van der Waals surface area contributed by atoms with Gasteiger partial charge in [-0.2, -0.15) is 11.8 Å². The standard InChI is InChI=1S/C18H35N3OS/c1-4-15-6-8-16(9-7-15)21-17(19-3)20-14-18(23-5-2)10-12-22-13-11-18/h15-16H,4-14H2,1-3H3,(H2,19,20,21). The molecular weight excluding hydrogens is 306 g/mol. The lowest BCUT2D eigenvalue weighted by atomic mass is 9.84. The second-order valence-electron chi connectivity index (χ2n) is 6.92. The van der Waals surface area contributed by atoms with Gasteiger partial charge in [-0.1, -0.05) is 20.3 Å². The van der Waals surface area contributed by atoms with E-state index in [1.807, 2.05) is 7.05 Å². The van der Waals surface area contributed by atoms with Crippen molar-refractivity contribution in [2.75, 3.05) is 32.6 Å². The Kier molecular flexibility index (Phi) is 8.04. The summed E-state index contributed by atoms with van der Waals surface area (Å²) in [4.78, 5) is 4.45. The summed E-state index contributed by atoms with van der Waals surface area (Å²) in [5.41, 5.74) is 0. The van der Waals surface area contributed by atoms with Gasteiger partial charge in [0.2, 0.25) is 0 Å². The van der Waals surface area contributed by atoms with Crippen molar-refractivity contribution in [2.45, 2.75) is 69.6 Å². The Hall–Kier alpha value is -0.420. The average molecular weight is 342 g/mol. The molecule has 2 fully saturated rings. The summed E-state index contributed by atoms with van der Waals surface area (Å²) >= 11 is 2.08. The zero-order valence-electron chi connectivity index (χ0n) is 15.2. The van der Waals surface area contributed by atoms with Gasteiger partial charge in [0, 0.05) is 37.6 Å². The quantitative estimate of drug-likeness (QED) is 0.574. The van der Waals surface area contributed by atoms with E-state index in [1.165, 1.54) is 32.1 Å². The molecule has 1 saturated carbocycles. The normalized spacial score (nSPS) is 28.4. The minimum atomic E-state index is 0.310. The van der Waals surface area contributed by atoms with Crippen molar-refractivity contribution in [1.29, 1.82) is 0 Å². The van der Waals surface area contributed by atoms with E-state index in [1.54, 1.807) is 0 Å². The van der Waals surface area contributed by atoms with Gasteiger partial charge >= 0.3 is 0 Å². The molecule has 2 N–H and O–H groups in total. The van der Waals surface area contributed by atoms with Crippen LogP contribution < -0.4 is 10.6 Å². The van der Waals surface area contributed by atoms with Gasteiger partial charge in [-0.15, -0.1) is 0 Å². The first-order valence-corrected chi connectivity index (χ1v) is 10.4. The zero-order chi connectivity index (χ0) is 16.5. The maximum absolute atomic E-state index is 5.56. The number of hydrogen-bond acceptors (Lipinski definition) is 3. The maximum Gasteiger partial charge on any atom is 0.191 e. The molecule has 5 heteroatoms. The second-order valence-corrected chi connectivity index (χ2v) is 8.66. The first-order chi connectivity index (χ1) is 11.2. The van der Waals surface area contributed by atoms with E-state index in [0.29, 0.717) is 10.8 Å². The summed E-state index contributed by atoms with van der Waals surface area (Å²) in [6.45, 7) is 7.33. The molecule has 4 nitrogen and oxygen atoms in total. The molecule has 0 aromatic heterocycles. The molecule has 23 heavy (non-hydrogen) atoms. The van der Waals surface area contributed by atoms with Crippen LogP contribution in [0.1, 0.15) is 58.8 Å². The van der Waals surface area contributed by atoms with Gasteiger partial charge < -0.3 is 15.4 Å². The molecule has 0 spiro atoms. The number of nitrogens with one attached hydrogen (secondary N) is 2. The molecule has 2 aliphatic rings. The molecule has 0 aromatic rings. The Balaban J connectivity index is 1.80. The zero-order valence-corrected chi connectivity index (χ0v) is 16.0. The smallest absolute Gasteiger partial charge is 0.191 e. The lowest BCUT2D eigenvalue weighted by molar-refractivity contribution is 0.0782. The highest BCUT2D eigenvalue weighted by Crippen LogP contribution is 2.34. The van der Waals surface area contributed by atoms with E-state index in [2.05, 4.69) is 41.2 Å². The molecule has 0 amide bonds. The molecule has 1 aliphatic carbocycles. The van der Waals surface area contributed by atoms with Crippen molar-refractivity contribution < 1.29 is 4.74 Å². The average Bonchev–Trinajstić information content (AvgIpc) is 2.60. The minimum Gasteiger partial charge on any atom is -0.381 e. The molecule has 0 bridgehead atoms. The molecule has 1 aliphatic heterocycles. The van der Waals surface area contributed by atoms with Crippen LogP contribution in [0, 0.1) is 5.92 Å². The van der Waals surface area contributed by atoms with Crippen molar-refractivity contribution in [3.63, 3.8) is 0 Å². The number of aliphatic imine (C=N–C) groups is 1.